The van der Waals surface area contributed by atoms with E-state index in [4.69, 9.17) is 11.5 Å². The van der Waals surface area contributed by atoms with Gasteiger partial charge in [0.25, 0.3) is 0 Å². The molecule has 0 aromatic carbocycles. The Morgan fingerprint density at radius 2 is 1.68 bits per heavy atom. The first-order chi connectivity index (χ1) is 10.7. The molecule has 2 aromatic rings. The van der Waals surface area contributed by atoms with Crippen LogP contribution in [0.5, 0.6) is 0 Å². The van der Waals surface area contributed by atoms with Gasteiger partial charge in [-0.3, -0.25) is 0 Å². The van der Waals surface area contributed by atoms with Gasteiger partial charge in [-0.1, -0.05) is 0 Å². The van der Waals surface area contributed by atoms with Gasteiger partial charge in [-0.2, -0.15) is 9.97 Å². The fourth-order valence-electron chi connectivity index (χ4n) is 3.12. The second-order valence-corrected chi connectivity index (χ2v) is 6.85. The number of thiazole rings is 1. The topological polar surface area (TPSA) is 97.2 Å². The van der Waals surface area contributed by atoms with Crippen molar-refractivity contribution >= 4 is 34.1 Å². The monoisotopic (exact) mass is 317 g/mol. The van der Waals surface area contributed by atoms with E-state index in [2.05, 4.69) is 30.8 Å². The van der Waals surface area contributed by atoms with Crippen molar-refractivity contribution in [1.29, 1.82) is 0 Å². The molecule has 4 heterocycles. The molecule has 22 heavy (non-hydrogen) atoms. The Labute approximate surface area is 133 Å². The van der Waals surface area contributed by atoms with Gasteiger partial charge < -0.3 is 21.3 Å². The normalized spacial score (nSPS) is 17.8. The Morgan fingerprint density at radius 3 is 2.45 bits per heavy atom. The van der Waals surface area contributed by atoms with Crippen LogP contribution in [0, 0.1) is 0 Å². The molecule has 4 N–H and O–H groups in total. The van der Waals surface area contributed by atoms with Crippen LogP contribution < -0.4 is 21.3 Å². The summed E-state index contributed by atoms with van der Waals surface area (Å²) < 4.78 is 0. The first-order valence-electron chi connectivity index (χ1n) is 7.57. The minimum atomic E-state index is 0.342. The lowest BCUT2D eigenvalue weighted by molar-refractivity contribution is 0.717. The number of nitrogen functional groups attached to an aromatic ring is 2. The maximum atomic E-state index is 5.93. The Balaban J connectivity index is 1.62. The molecule has 0 spiro atoms. The van der Waals surface area contributed by atoms with Gasteiger partial charge in [0.2, 0.25) is 5.95 Å². The summed E-state index contributed by atoms with van der Waals surface area (Å²) in [6.45, 7) is 3.77. The van der Waals surface area contributed by atoms with Gasteiger partial charge in [0.05, 0.1) is 12.2 Å². The largest absolute Gasteiger partial charge is 0.375 e. The molecule has 2 aromatic heterocycles. The molecule has 1 saturated heterocycles. The van der Waals surface area contributed by atoms with Crippen LogP contribution in [0.2, 0.25) is 0 Å². The van der Waals surface area contributed by atoms with E-state index >= 15 is 0 Å². The van der Waals surface area contributed by atoms with Gasteiger partial charge in [-0.25, -0.2) is 4.98 Å². The maximum absolute atomic E-state index is 5.93. The third kappa shape index (κ3) is 2.43. The van der Waals surface area contributed by atoms with E-state index in [1.165, 1.54) is 17.7 Å². The highest BCUT2D eigenvalue weighted by molar-refractivity contribution is 7.15. The summed E-state index contributed by atoms with van der Waals surface area (Å²) in [7, 11) is 0. The van der Waals surface area contributed by atoms with Crippen molar-refractivity contribution in [1.82, 2.24) is 15.0 Å². The predicted octanol–water partition coefficient (Wildman–Crippen LogP) is 1.26. The van der Waals surface area contributed by atoms with Crippen molar-refractivity contribution in [3.8, 4) is 0 Å². The van der Waals surface area contributed by atoms with Crippen LogP contribution in [0.3, 0.4) is 0 Å². The van der Waals surface area contributed by atoms with E-state index in [9.17, 15) is 0 Å². The Kier molecular flexibility index (Phi) is 3.25. The van der Waals surface area contributed by atoms with Crippen LogP contribution in [0.25, 0.3) is 0 Å². The summed E-state index contributed by atoms with van der Waals surface area (Å²) in [5, 5.41) is 0.645. The van der Waals surface area contributed by atoms with Crippen LogP contribution >= 0.6 is 11.3 Å². The van der Waals surface area contributed by atoms with Gasteiger partial charge in [-0.05, 0) is 12.8 Å². The van der Waals surface area contributed by atoms with Gasteiger partial charge in [-0.15, -0.1) is 11.3 Å². The number of aromatic nitrogens is 3. The van der Waals surface area contributed by atoms with Crippen LogP contribution in [0.1, 0.15) is 23.4 Å². The zero-order valence-corrected chi connectivity index (χ0v) is 13.1. The molecular weight excluding hydrogens is 298 g/mol. The lowest BCUT2D eigenvalue weighted by Gasteiger charge is -2.28. The standard InChI is InChI=1S/C14H19N7S/c15-13-18-11(20-4-1-2-5-20)7-12(19-13)21-6-3-9-10(8-21)22-14(16)17-9/h7H,1-6,8H2,(H2,16,17)(H2,15,18,19). The Hall–Kier alpha value is -2.09. The lowest BCUT2D eigenvalue weighted by atomic mass is 10.2. The van der Waals surface area contributed by atoms with Crippen LogP contribution in [0.4, 0.5) is 22.7 Å². The average Bonchev–Trinajstić information content (AvgIpc) is 3.14. The van der Waals surface area contributed by atoms with E-state index in [1.807, 2.05) is 0 Å². The maximum Gasteiger partial charge on any atom is 0.223 e. The Morgan fingerprint density at radius 1 is 0.955 bits per heavy atom. The smallest absolute Gasteiger partial charge is 0.223 e. The van der Waals surface area contributed by atoms with Crippen LogP contribution in [-0.4, -0.2) is 34.6 Å². The molecule has 0 unspecified atom stereocenters. The van der Waals surface area contributed by atoms with E-state index in [1.54, 1.807) is 11.3 Å². The minimum absolute atomic E-state index is 0.342. The number of fused-ring (bicyclic) bond motifs is 1. The molecule has 0 amide bonds. The molecule has 0 atom stereocenters. The summed E-state index contributed by atoms with van der Waals surface area (Å²) in [5.41, 5.74) is 12.9. The second-order valence-electron chi connectivity index (χ2n) is 5.73. The summed E-state index contributed by atoms with van der Waals surface area (Å²) >= 11 is 1.56. The second kappa shape index (κ2) is 5.28. The average molecular weight is 317 g/mol. The van der Waals surface area contributed by atoms with Gasteiger partial charge in [0, 0.05) is 37.0 Å². The van der Waals surface area contributed by atoms with Gasteiger partial charge in [0.15, 0.2) is 5.13 Å². The van der Waals surface area contributed by atoms with E-state index in [0.717, 1.165) is 49.9 Å². The molecule has 0 saturated carbocycles. The SMILES string of the molecule is Nc1nc(N2CCCC2)cc(N2CCc3nc(N)sc3C2)n1. The van der Waals surface area contributed by atoms with Gasteiger partial charge in [0.1, 0.15) is 11.6 Å². The van der Waals surface area contributed by atoms with Crippen LogP contribution in [0.15, 0.2) is 6.07 Å². The van der Waals surface area contributed by atoms with Crippen molar-refractivity contribution < 1.29 is 0 Å². The lowest BCUT2D eigenvalue weighted by Crippen LogP contribution is -2.31. The van der Waals surface area contributed by atoms with Crippen molar-refractivity contribution in [2.24, 2.45) is 0 Å². The molecule has 7 nitrogen and oxygen atoms in total. The predicted molar refractivity (Wildman–Crippen MR) is 89.2 cm³/mol. The number of nitrogens with two attached hydrogens (primary N) is 2. The highest BCUT2D eigenvalue weighted by atomic mass is 32.1. The van der Waals surface area contributed by atoms with Crippen molar-refractivity contribution in [3.63, 3.8) is 0 Å². The van der Waals surface area contributed by atoms with Crippen molar-refractivity contribution in [2.75, 3.05) is 40.9 Å². The molecular formula is C14H19N7S. The van der Waals surface area contributed by atoms with Gasteiger partial charge >= 0.3 is 0 Å². The molecule has 0 radical (unpaired) electrons. The fourth-order valence-corrected chi connectivity index (χ4v) is 4.02. The van der Waals surface area contributed by atoms with Crippen molar-refractivity contribution in [3.05, 3.63) is 16.6 Å². The molecule has 0 aliphatic carbocycles. The van der Waals surface area contributed by atoms with E-state index in [-0.39, 0.29) is 0 Å². The first-order valence-corrected chi connectivity index (χ1v) is 8.39. The number of hydrogen-bond donors (Lipinski definition) is 2. The highest BCUT2D eigenvalue weighted by Gasteiger charge is 2.23. The molecule has 1 fully saturated rings. The van der Waals surface area contributed by atoms with Crippen molar-refractivity contribution in [2.45, 2.75) is 25.8 Å². The molecule has 2 aliphatic heterocycles. The quantitative estimate of drug-likeness (QED) is 0.860. The summed E-state index contributed by atoms with van der Waals surface area (Å²) in [5.74, 6) is 2.18. The zero-order chi connectivity index (χ0) is 15.1. The number of hydrogen-bond acceptors (Lipinski definition) is 8. The Bertz CT molecular complexity index is 692. The minimum Gasteiger partial charge on any atom is -0.375 e. The fraction of sp³-hybridized carbons (Fsp3) is 0.500. The number of nitrogens with zero attached hydrogens (tertiary/aromatic N) is 5. The summed E-state index contributed by atoms with van der Waals surface area (Å²) in [4.78, 5) is 18.9. The number of rotatable bonds is 2. The molecule has 4 rings (SSSR count). The zero-order valence-electron chi connectivity index (χ0n) is 12.3. The third-order valence-electron chi connectivity index (χ3n) is 4.22. The molecule has 2 aliphatic rings. The van der Waals surface area contributed by atoms with E-state index < -0.39 is 0 Å². The van der Waals surface area contributed by atoms with E-state index in [0.29, 0.717) is 11.1 Å². The molecule has 0 bridgehead atoms. The molecule has 8 heteroatoms. The first kappa shape index (κ1) is 13.6. The number of anilines is 4. The highest BCUT2D eigenvalue weighted by Crippen LogP contribution is 2.30. The summed E-state index contributed by atoms with van der Waals surface area (Å²) in [6, 6.07) is 2.05. The third-order valence-corrected chi connectivity index (χ3v) is 5.13. The van der Waals surface area contributed by atoms with Crippen LogP contribution in [-0.2, 0) is 13.0 Å². The molecule has 116 valence electrons. The summed E-state index contributed by atoms with van der Waals surface area (Å²) in [6.07, 6.45) is 3.32.